The second-order valence-electron chi connectivity index (χ2n) is 10.8. The molecule has 12 heteroatoms. The first kappa shape index (κ1) is 35.1. The van der Waals surface area contributed by atoms with E-state index in [4.69, 9.17) is 18.9 Å². The Kier molecular flexibility index (Phi) is 13.3. The van der Waals surface area contributed by atoms with Crippen molar-refractivity contribution < 1.29 is 43.5 Å². The number of nitrogens with zero attached hydrogens (tertiary/aromatic N) is 1. The maximum absolute atomic E-state index is 13.7. The van der Waals surface area contributed by atoms with Gasteiger partial charge in [0, 0.05) is 37.1 Å². The molecule has 3 unspecified atom stereocenters. The van der Waals surface area contributed by atoms with Gasteiger partial charge in [0.15, 0.2) is 11.5 Å². The summed E-state index contributed by atoms with van der Waals surface area (Å²) in [5.41, 5.74) is 1.51. The van der Waals surface area contributed by atoms with Gasteiger partial charge in [0.2, 0.25) is 11.8 Å². The summed E-state index contributed by atoms with van der Waals surface area (Å²) in [7, 11) is 4.58. The minimum absolute atomic E-state index is 0.0411. The third-order valence-electron chi connectivity index (χ3n) is 7.27. The van der Waals surface area contributed by atoms with Crippen molar-refractivity contribution in [2.45, 2.75) is 51.4 Å². The van der Waals surface area contributed by atoms with Crippen LogP contribution in [0.3, 0.4) is 0 Å². The molecule has 0 heterocycles. The maximum Gasteiger partial charge on any atom is 0.247 e. The summed E-state index contributed by atoms with van der Waals surface area (Å²) >= 11 is 2.01. The second kappa shape index (κ2) is 16.6. The molecule has 240 valence electrons. The molecule has 0 saturated carbocycles. The molecule has 0 spiro atoms. The van der Waals surface area contributed by atoms with Gasteiger partial charge in [0.25, 0.3) is 0 Å². The average molecular weight is 725 g/mol. The van der Waals surface area contributed by atoms with Crippen LogP contribution in [0.25, 0.3) is 0 Å². The van der Waals surface area contributed by atoms with Crippen molar-refractivity contribution >= 4 is 40.7 Å². The molecule has 1 aliphatic rings. The van der Waals surface area contributed by atoms with Crippen LogP contribution in [-0.2, 0) is 16.0 Å². The minimum Gasteiger partial charge on any atom is -0.497 e. The normalized spacial score (nSPS) is 17.8. The Morgan fingerprint density at radius 3 is 2.45 bits per heavy atom. The highest BCUT2D eigenvalue weighted by molar-refractivity contribution is 14.1. The molecule has 0 saturated heterocycles. The molecule has 0 fully saturated rings. The standard InChI is InChI=1S/C32H41IN2O9/c1-19(2)12-29(38)35(10-8-21-15-23(41-3)6-7-26(21)42-4)25-16-22(32(40)34-9-11-36)17-27(30(25)39)44-31-24(33)13-20(18-37)14-28(31)43-5/h6-7,13-15,17-19,25,27,30,36,39H,8-12,16H2,1-5H3,(H,34,40). The van der Waals surface area contributed by atoms with Gasteiger partial charge in [0.1, 0.15) is 30.0 Å². The summed E-state index contributed by atoms with van der Waals surface area (Å²) in [6.45, 7) is 3.90. The minimum atomic E-state index is -1.22. The summed E-state index contributed by atoms with van der Waals surface area (Å²) in [6.07, 6.45) is 0.654. The van der Waals surface area contributed by atoms with Crippen LogP contribution in [0, 0.1) is 9.49 Å². The molecule has 3 N–H and O–H groups in total. The molecule has 3 atom stereocenters. The van der Waals surface area contributed by atoms with E-state index in [1.165, 1.54) is 19.3 Å². The first-order valence-corrected chi connectivity index (χ1v) is 15.4. The molecular formula is C32H41IN2O9. The van der Waals surface area contributed by atoms with Gasteiger partial charge in [-0.05, 0) is 76.9 Å². The van der Waals surface area contributed by atoms with E-state index in [0.29, 0.717) is 38.9 Å². The quantitative estimate of drug-likeness (QED) is 0.187. The number of hydrogen-bond acceptors (Lipinski definition) is 9. The van der Waals surface area contributed by atoms with Gasteiger partial charge in [-0.25, -0.2) is 0 Å². The average Bonchev–Trinajstić information content (AvgIpc) is 3.01. The molecular weight excluding hydrogens is 683 g/mol. The van der Waals surface area contributed by atoms with Crippen LogP contribution in [-0.4, -0.2) is 92.5 Å². The summed E-state index contributed by atoms with van der Waals surface area (Å²) in [5, 5.41) is 23.7. The topological polar surface area (TPSA) is 144 Å². The predicted molar refractivity (Wildman–Crippen MR) is 173 cm³/mol. The first-order chi connectivity index (χ1) is 21.1. The van der Waals surface area contributed by atoms with Crippen molar-refractivity contribution in [3.05, 3.63) is 56.7 Å². The molecule has 0 bridgehead atoms. The van der Waals surface area contributed by atoms with Crippen LogP contribution in [0.4, 0.5) is 0 Å². The van der Waals surface area contributed by atoms with E-state index >= 15 is 0 Å². The Labute approximate surface area is 271 Å². The SMILES string of the molecule is COc1ccc(OC)c(CCN(C(=O)CC(C)C)C2CC(C(=O)NCCO)=CC(Oc3c(I)cc(C=O)cc3OC)C2O)c1. The van der Waals surface area contributed by atoms with Gasteiger partial charge in [-0.3, -0.25) is 14.4 Å². The molecule has 44 heavy (non-hydrogen) atoms. The second-order valence-corrected chi connectivity index (χ2v) is 11.9. The number of halogens is 1. The lowest BCUT2D eigenvalue weighted by Crippen LogP contribution is -2.55. The van der Waals surface area contributed by atoms with Gasteiger partial charge >= 0.3 is 0 Å². The number of carbonyl (C=O) groups is 3. The lowest BCUT2D eigenvalue weighted by molar-refractivity contribution is -0.139. The van der Waals surface area contributed by atoms with Crippen molar-refractivity contribution in [2.75, 3.05) is 41.0 Å². The Hall–Kier alpha value is -3.36. The highest BCUT2D eigenvalue weighted by Crippen LogP contribution is 2.37. The van der Waals surface area contributed by atoms with Gasteiger partial charge < -0.3 is 39.4 Å². The van der Waals surface area contributed by atoms with Crippen LogP contribution >= 0.6 is 22.6 Å². The van der Waals surface area contributed by atoms with Crippen LogP contribution < -0.4 is 24.3 Å². The third kappa shape index (κ3) is 8.85. The number of aldehydes is 1. The monoisotopic (exact) mass is 724 g/mol. The first-order valence-electron chi connectivity index (χ1n) is 14.3. The predicted octanol–water partition coefficient (Wildman–Crippen LogP) is 3.16. The van der Waals surface area contributed by atoms with Crippen molar-refractivity contribution in [1.82, 2.24) is 10.2 Å². The third-order valence-corrected chi connectivity index (χ3v) is 8.07. The van der Waals surface area contributed by atoms with Crippen molar-refractivity contribution in [1.29, 1.82) is 0 Å². The number of carbonyl (C=O) groups excluding carboxylic acids is 3. The zero-order valence-electron chi connectivity index (χ0n) is 25.7. The van der Waals surface area contributed by atoms with E-state index in [9.17, 15) is 24.6 Å². The lowest BCUT2D eigenvalue weighted by Gasteiger charge is -2.41. The van der Waals surface area contributed by atoms with Gasteiger partial charge in [0.05, 0.1) is 37.5 Å². The van der Waals surface area contributed by atoms with Crippen molar-refractivity contribution in [2.24, 2.45) is 5.92 Å². The van der Waals surface area contributed by atoms with Crippen molar-refractivity contribution in [3.63, 3.8) is 0 Å². The number of rotatable bonds is 15. The number of methoxy groups -OCH3 is 3. The Bertz CT molecular complexity index is 1350. The van der Waals surface area contributed by atoms with Crippen LogP contribution in [0.1, 0.15) is 42.6 Å². The number of aliphatic hydroxyl groups is 2. The summed E-state index contributed by atoms with van der Waals surface area (Å²) < 4.78 is 23.3. The van der Waals surface area contributed by atoms with E-state index in [2.05, 4.69) is 5.32 Å². The fourth-order valence-electron chi connectivity index (χ4n) is 5.10. The highest BCUT2D eigenvalue weighted by Gasteiger charge is 2.41. The Morgan fingerprint density at radius 2 is 1.84 bits per heavy atom. The molecule has 1 aliphatic carbocycles. The maximum atomic E-state index is 13.7. The van der Waals surface area contributed by atoms with E-state index < -0.39 is 24.2 Å². The molecule has 3 rings (SSSR count). The number of amides is 2. The fraction of sp³-hybridized carbons (Fsp3) is 0.469. The number of benzene rings is 2. The summed E-state index contributed by atoms with van der Waals surface area (Å²) in [5.74, 6) is 1.28. The molecule has 0 radical (unpaired) electrons. The van der Waals surface area contributed by atoms with Gasteiger partial charge in [-0.15, -0.1) is 0 Å². The van der Waals surface area contributed by atoms with Crippen LogP contribution in [0.5, 0.6) is 23.0 Å². The van der Waals surface area contributed by atoms with Gasteiger partial charge in [-0.2, -0.15) is 0 Å². The number of ether oxygens (including phenoxy) is 4. The smallest absolute Gasteiger partial charge is 0.247 e. The molecule has 11 nitrogen and oxygen atoms in total. The summed E-state index contributed by atoms with van der Waals surface area (Å²) in [6, 6.07) is 7.76. The number of hydrogen-bond donors (Lipinski definition) is 3. The van der Waals surface area contributed by atoms with Crippen LogP contribution in [0.15, 0.2) is 42.0 Å². The number of aliphatic hydroxyl groups excluding tert-OH is 2. The number of nitrogens with one attached hydrogen (secondary N) is 1. The van der Waals surface area contributed by atoms with E-state index in [1.807, 2.05) is 42.5 Å². The molecule has 2 aromatic carbocycles. The fourth-order valence-corrected chi connectivity index (χ4v) is 5.85. The molecule has 2 amide bonds. The van der Waals surface area contributed by atoms with E-state index in [1.54, 1.807) is 37.3 Å². The molecule has 2 aromatic rings. The largest absolute Gasteiger partial charge is 0.497 e. The van der Waals surface area contributed by atoms with E-state index in [0.717, 1.165) is 5.56 Å². The molecule has 0 aromatic heterocycles. The lowest BCUT2D eigenvalue weighted by atomic mass is 9.87. The van der Waals surface area contributed by atoms with Crippen LogP contribution in [0.2, 0.25) is 0 Å². The van der Waals surface area contributed by atoms with E-state index in [-0.39, 0.29) is 55.9 Å². The Morgan fingerprint density at radius 1 is 1.11 bits per heavy atom. The van der Waals surface area contributed by atoms with Crippen molar-refractivity contribution in [3.8, 4) is 23.0 Å². The summed E-state index contributed by atoms with van der Waals surface area (Å²) in [4.78, 5) is 39.9. The highest BCUT2D eigenvalue weighted by atomic mass is 127. The zero-order valence-corrected chi connectivity index (χ0v) is 27.8. The Balaban J connectivity index is 2.04. The zero-order chi connectivity index (χ0) is 32.4. The molecule has 0 aliphatic heterocycles. The van der Waals surface area contributed by atoms with Gasteiger partial charge in [-0.1, -0.05) is 13.8 Å².